The first-order valence-electron chi connectivity index (χ1n) is 6.85. The topological polar surface area (TPSA) is 21.3 Å². The smallest absolute Gasteiger partial charge is 0.119 e. The van der Waals surface area contributed by atoms with Crippen molar-refractivity contribution in [1.29, 1.82) is 0 Å². The van der Waals surface area contributed by atoms with E-state index in [1.807, 2.05) is 6.92 Å². The third-order valence-electron chi connectivity index (χ3n) is 3.70. The van der Waals surface area contributed by atoms with Crippen molar-refractivity contribution >= 4 is 5.69 Å². The van der Waals surface area contributed by atoms with Crippen molar-refractivity contribution < 1.29 is 4.74 Å². The molecule has 1 heterocycles. The summed E-state index contributed by atoms with van der Waals surface area (Å²) < 4.78 is 5.48. The van der Waals surface area contributed by atoms with E-state index in [0.717, 1.165) is 12.2 Å². The van der Waals surface area contributed by atoms with Crippen LogP contribution in [0.25, 0.3) is 0 Å². The summed E-state index contributed by atoms with van der Waals surface area (Å²) in [5, 5.41) is 3.63. The molecule has 0 saturated heterocycles. The van der Waals surface area contributed by atoms with Crippen LogP contribution in [0, 0.1) is 6.92 Å². The number of rotatable bonds is 3. The fourth-order valence-corrected chi connectivity index (χ4v) is 2.71. The number of para-hydroxylation sites is 1. The Morgan fingerprint density at radius 1 is 1.16 bits per heavy atom. The molecule has 1 aliphatic heterocycles. The minimum atomic E-state index is 0.381. The van der Waals surface area contributed by atoms with Crippen LogP contribution in [-0.2, 0) is 6.42 Å². The van der Waals surface area contributed by atoms with Crippen molar-refractivity contribution in [3.05, 3.63) is 59.2 Å². The molecule has 0 bridgehead atoms. The summed E-state index contributed by atoms with van der Waals surface area (Å²) in [4.78, 5) is 0. The Morgan fingerprint density at radius 3 is 2.63 bits per heavy atom. The van der Waals surface area contributed by atoms with Crippen LogP contribution >= 0.6 is 0 Å². The Balaban J connectivity index is 1.81. The molecule has 2 aromatic carbocycles. The molecule has 2 heteroatoms. The van der Waals surface area contributed by atoms with Gasteiger partial charge in [0.25, 0.3) is 0 Å². The predicted octanol–water partition coefficient (Wildman–Crippen LogP) is 4.10. The van der Waals surface area contributed by atoms with E-state index in [1.54, 1.807) is 0 Å². The predicted molar refractivity (Wildman–Crippen MR) is 78.9 cm³/mol. The van der Waals surface area contributed by atoms with Crippen molar-refractivity contribution in [2.75, 3.05) is 11.9 Å². The van der Waals surface area contributed by atoms with Crippen LogP contribution in [0.3, 0.4) is 0 Å². The average molecular weight is 253 g/mol. The molecule has 1 aliphatic rings. The molecule has 0 saturated carbocycles. The first-order valence-corrected chi connectivity index (χ1v) is 6.85. The standard InChI is InChI=1S/C17H19NO/c1-3-19-15-9-7-13(8-10-15)16-11-14-6-4-5-12(2)17(14)18-16/h4-10,16,18H,3,11H2,1-2H3. The van der Waals surface area contributed by atoms with Gasteiger partial charge in [0.2, 0.25) is 0 Å². The molecule has 2 aromatic rings. The van der Waals surface area contributed by atoms with E-state index in [-0.39, 0.29) is 0 Å². The number of fused-ring (bicyclic) bond motifs is 1. The Kier molecular flexibility index (Phi) is 3.16. The molecular formula is C17H19NO. The molecule has 98 valence electrons. The normalized spacial score (nSPS) is 16.8. The third kappa shape index (κ3) is 2.30. The Bertz CT molecular complexity index is 574. The minimum Gasteiger partial charge on any atom is -0.494 e. The summed E-state index contributed by atoms with van der Waals surface area (Å²) in [6, 6.07) is 15.3. The maximum Gasteiger partial charge on any atom is 0.119 e. The van der Waals surface area contributed by atoms with E-state index in [0.29, 0.717) is 12.6 Å². The summed E-state index contributed by atoms with van der Waals surface area (Å²) in [7, 11) is 0. The largest absolute Gasteiger partial charge is 0.494 e. The lowest BCUT2D eigenvalue weighted by Crippen LogP contribution is -2.05. The fraction of sp³-hybridized carbons (Fsp3) is 0.294. The molecule has 1 atom stereocenters. The molecule has 0 amide bonds. The maximum atomic E-state index is 5.48. The van der Waals surface area contributed by atoms with Gasteiger partial charge in [0, 0.05) is 5.69 Å². The van der Waals surface area contributed by atoms with Gasteiger partial charge in [-0.1, -0.05) is 30.3 Å². The average Bonchev–Trinajstić information content (AvgIpc) is 2.85. The second kappa shape index (κ2) is 4.96. The number of ether oxygens (including phenoxy) is 1. The number of aryl methyl sites for hydroxylation is 1. The Labute approximate surface area is 114 Å². The van der Waals surface area contributed by atoms with Gasteiger partial charge < -0.3 is 10.1 Å². The van der Waals surface area contributed by atoms with Gasteiger partial charge in [-0.2, -0.15) is 0 Å². The number of nitrogens with one attached hydrogen (secondary N) is 1. The molecule has 19 heavy (non-hydrogen) atoms. The molecule has 3 rings (SSSR count). The molecule has 1 unspecified atom stereocenters. The van der Waals surface area contributed by atoms with Crippen molar-refractivity contribution in [2.24, 2.45) is 0 Å². The van der Waals surface area contributed by atoms with Gasteiger partial charge in [0.15, 0.2) is 0 Å². The van der Waals surface area contributed by atoms with Gasteiger partial charge >= 0.3 is 0 Å². The lowest BCUT2D eigenvalue weighted by Gasteiger charge is -2.13. The zero-order chi connectivity index (χ0) is 13.2. The van der Waals surface area contributed by atoms with Crippen LogP contribution < -0.4 is 10.1 Å². The van der Waals surface area contributed by atoms with E-state index in [2.05, 4.69) is 54.7 Å². The van der Waals surface area contributed by atoms with E-state index in [1.165, 1.54) is 22.4 Å². The maximum absolute atomic E-state index is 5.48. The van der Waals surface area contributed by atoms with Gasteiger partial charge in [0.1, 0.15) is 5.75 Å². The van der Waals surface area contributed by atoms with E-state index in [4.69, 9.17) is 4.74 Å². The molecule has 0 radical (unpaired) electrons. The first kappa shape index (κ1) is 12.1. The SMILES string of the molecule is CCOc1ccc(C2Cc3cccc(C)c3N2)cc1. The molecule has 2 nitrogen and oxygen atoms in total. The van der Waals surface area contributed by atoms with Crippen LogP contribution in [0.2, 0.25) is 0 Å². The summed E-state index contributed by atoms with van der Waals surface area (Å²) in [6.07, 6.45) is 1.06. The van der Waals surface area contributed by atoms with Gasteiger partial charge in [-0.25, -0.2) is 0 Å². The summed E-state index contributed by atoms with van der Waals surface area (Å²) in [5.74, 6) is 0.943. The van der Waals surface area contributed by atoms with Crippen LogP contribution in [0.5, 0.6) is 5.75 Å². The zero-order valence-electron chi connectivity index (χ0n) is 11.4. The van der Waals surface area contributed by atoms with Crippen LogP contribution in [0.4, 0.5) is 5.69 Å². The number of hydrogen-bond acceptors (Lipinski definition) is 2. The van der Waals surface area contributed by atoms with Crippen molar-refractivity contribution in [1.82, 2.24) is 0 Å². The Morgan fingerprint density at radius 2 is 1.95 bits per heavy atom. The van der Waals surface area contributed by atoms with Crippen molar-refractivity contribution in [3.8, 4) is 5.75 Å². The third-order valence-corrected chi connectivity index (χ3v) is 3.70. The van der Waals surface area contributed by atoms with Crippen LogP contribution in [-0.4, -0.2) is 6.61 Å². The van der Waals surface area contributed by atoms with Gasteiger partial charge in [-0.3, -0.25) is 0 Å². The highest BCUT2D eigenvalue weighted by molar-refractivity contribution is 5.62. The molecule has 1 N–H and O–H groups in total. The second-order valence-electron chi connectivity index (χ2n) is 5.01. The monoisotopic (exact) mass is 253 g/mol. The van der Waals surface area contributed by atoms with Gasteiger partial charge in [-0.05, 0) is 49.1 Å². The van der Waals surface area contributed by atoms with E-state index in [9.17, 15) is 0 Å². The van der Waals surface area contributed by atoms with Gasteiger partial charge in [0.05, 0.1) is 12.6 Å². The lowest BCUT2D eigenvalue weighted by atomic mass is 10.0. The first-order chi connectivity index (χ1) is 9.28. The summed E-state index contributed by atoms with van der Waals surface area (Å²) in [6.45, 7) is 4.88. The van der Waals surface area contributed by atoms with E-state index >= 15 is 0 Å². The molecular weight excluding hydrogens is 234 g/mol. The second-order valence-corrected chi connectivity index (χ2v) is 5.01. The Hall–Kier alpha value is -1.96. The zero-order valence-corrected chi connectivity index (χ0v) is 11.4. The van der Waals surface area contributed by atoms with Gasteiger partial charge in [-0.15, -0.1) is 0 Å². The summed E-state index contributed by atoms with van der Waals surface area (Å²) in [5.41, 5.74) is 5.37. The summed E-state index contributed by atoms with van der Waals surface area (Å²) >= 11 is 0. The molecule has 0 fully saturated rings. The number of anilines is 1. The number of benzene rings is 2. The minimum absolute atomic E-state index is 0.381. The van der Waals surface area contributed by atoms with Crippen molar-refractivity contribution in [3.63, 3.8) is 0 Å². The van der Waals surface area contributed by atoms with E-state index < -0.39 is 0 Å². The number of hydrogen-bond donors (Lipinski definition) is 1. The quantitative estimate of drug-likeness (QED) is 0.889. The highest BCUT2D eigenvalue weighted by Gasteiger charge is 2.22. The molecule has 0 aromatic heterocycles. The van der Waals surface area contributed by atoms with Crippen molar-refractivity contribution in [2.45, 2.75) is 26.3 Å². The lowest BCUT2D eigenvalue weighted by molar-refractivity contribution is 0.340. The van der Waals surface area contributed by atoms with Crippen LogP contribution in [0.15, 0.2) is 42.5 Å². The van der Waals surface area contributed by atoms with Crippen LogP contribution in [0.1, 0.15) is 29.7 Å². The molecule has 0 spiro atoms. The highest BCUT2D eigenvalue weighted by Crippen LogP contribution is 2.36. The fourth-order valence-electron chi connectivity index (χ4n) is 2.71. The molecule has 0 aliphatic carbocycles. The highest BCUT2D eigenvalue weighted by atomic mass is 16.5.